The van der Waals surface area contributed by atoms with Crippen LogP contribution in [0.2, 0.25) is 0 Å². The van der Waals surface area contributed by atoms with E-state index in [0.717, 1.165) is 24.7 Å². The lowest BCUT2D eigenvalue weighted by molar-refractivity contribution is -0.106. The number of hydrogen-bond acceptors (Lipinski definition) is 1. The molecule has 0 aliphatic heterocycles. The summed E-state index contributed by atoms with van der Waals surface area (Å²) < 4.78 is 0. The summed E-state index contributed by atoms with van der Waals surface area (Å²) in [6, 6.07) is 0. The number of carbonyl (C=O) groups is 1. The molecule has 0 N–H and O–H groups in total. The van der Waals surface area contributed by atoms with Crippen LogP contribution in [0.15, 0.2) is 24.3 Å². The van der Waals surface area contributed by atoms with Crippen LogP contribution in [0, 0.1) is 0 Å². The molecule has 0 radical (unpaired) electrons. The maximum atomic E-state index is 10.3. The van der Waals surface area contributed by atoms with E-state index in [2.05, 4.69) is 28.6 Å². The highest BCUT2D eigenvalue weighted by atomic mass is 79.9. The monoisotopic (exact) mass is 216 g/mol. The van der Waals surface area contributed by atoms with Crippen molar-refractivity contribution in [1.82, 2.24) is 0 Å². The summed E-state index contributed by atoms with van der Waals surface area (Å²) in [6.07, 6.45) is 6.74. The average molecular weight is 217 g/mol. The Bertz CT molecular complexity index is 161. The van der Waals surface area contributed by atoms with Gasteiger partial charge in [-0.3, -0.25) is 0 Å². The Kier molecular flexibility index (Phi) is 6.13. The topological polar surface area (TPSA) is 17.1 Å². The van der Waals surface area contributed by atoms with Gasteiger partial charge in [-0.1, -0.05) is 33.7 Å². The minimum atomic E-state index is -0.118. The van der Waals surface area contributed by atoms with E-state index in [9.17, 15) is 4.79 Å². The molecule has 0 spiro atoms. The van der Waals surface area contributed by atoms with Gasteiger partial charge in [-0.2, -0.15) is 0 Å². The molecule has 1 nitrogen and oxygen atoms in total. The van der Waals surface area contributed by atoms with E-state index in [-0.39, 0.29) is 4.83 Å². The Morgan fingerprint density at radius 2 is 2.27 bits per heavy atom. The molecular weight excluding hydrogens is 204 g/mol. The summed E-state index contributed by atoms with van der Waals surface area (Å²) >= 11 is 3.23. The zero-order chi connectivity index (χ0) is 8.69. The number of carbonyl (C=O) groups excluding carboxylic acids is 1. The zero-order valence-electron chi connectivity index (χ0n) is 6.72. The van der Waals surface area contributed by atoms with E-state index < -0.39 is 0 Å². The summed E-state index contributed by atoms with van der Waals surface area (Å²) in [5.41, 5.74) is 1.07. The highest BCUT2D eigenvalue weighted by molar-refractivity contribution is 9.10. The number of allylic oxidation sites excluding steroid dienone is 3. The van der Waals surface area contributed by atoms with Crippen LogP contribution >= 0.6 is 15.9 Å². The first-order valence-corrected chi connectivity index (χ1v) is 4.51. The van der Waals surface area contributed by atoms with Crippen molar-refractivity contribution in [2.45, 2.75) is 24.6 Å². The van der Waals surface area contributed by atoms with E-state index in [0.29, 0.717) is 0 Å². The first kappa shape index (κ1) is 10.6. The number of alkyl halides is 1. The van der Waals surface area contributed by atoms with E-state index in [1.807, 2.05) is 13.0 Å². The van der Waals surface area contributed by atoms with Crippen molar-refractivity contribution in [3.05, 3.63) is 24.3 Å². The molecule has 0 rings (SSSR count). The van der Waals surface area contributed by atoms with Crippen LogP contribution in [0.3, 0.4) is 0 Å². The van der Waals surface area contributed by atoms with Crippen LogP contribution in [0.25, 0.3) is 0 Å². The maximum Gasteiger partial charge on any atom is 0.137 e. The molecule has 1 atom stereocenters. The third-order valence-electron chi connectivity index (χ3n) is 1.39. The second-order valence-electron chi connectivity index (χ2n) is 2.35. The zero-order valence-corrected chi connectivity index (χ0v) is 8.30. The lowest BCUT2D eigenvalue weighted by Gasteiger charge is -2.00. The van der Waals surface area contributed by atoms with E-state index in [4.69, 9.17) is 0 Å². The number of halogens is 1. The molecule has 1 unspecified atom stereocenters. The highest BCUT2D eigenvalue weighted by Gasteiger charge is 2.01. The van der Waals surface area contributed by atoms with Gasteiger partial charge >= 0.3 is 0 Å². The minimum absolute atomic E-state index is 0.118. The lowest BCUT2D eigenvalue weighted by Crippen LogP contribution is -1.99. The van der Waals surface area contributed by atoms with Gasteiger partial charge in [0.05, 0.1) is 4.83 Å². The van der Waals surface area contributed by atoms with Gasteiger partial charge in [-0.25, -0.2) is 0 Å². The van der Waals surface area contributed by atoms with Crippen LogP contribution in [0.5, 0.6) is 0 Å². The number of rotatable bonds is 5. The minimum Gasteiger partial charge on any atom is -0.302 e. The summed E-state index contributed by atoms with van der Waals surface area (Å²) in [6.45, 7) is 5.55. The molecule has 0 aliphatic rings. The first-order chi connectivity index (χ1) is 5.22. The Morgan fingerprint density at radius 3 is 2.73 bits per heavy atom. The van der Waals surface area contributed by atoms with Crippen LogP contribution < -0.4 is 0 Å². The van der Waals surface area contributed by atoms with Gasteiger partial charge < -0.3 is 4.79 Å². The number of hydrogen-bond donors (Lipinski definition) is 0. The second-order valence-corrected chi connectivity index (χ2v) is 3.34. The van der Waals surface area contributed by atoms with E-state index in [1.165, 1.54) is 0 Å². The van der Waals surface area contributed by atoms with Crippen LogP contribution in [-0.4, -0.2) is 11.1 Å². The Balaban J connectivity index is 3.78. The lowest BCUT2D eigenvalue weighted by atomic mass is 10.1. The van der Waals surface area contributed by atoms with Gasteiger partial charge in [0.1, 0.15) is 6.29 Å². The van der Waals surface area contributed by atoms with Crippen LogP contribution in [-0.2, 0) is 4.79 Å². The van der Waals surface area contributed by atoms with Crippen molar-refractivity contribution >= 4 is 22.2 Å². The molecule has 0 aromatic heterocycles. The normalized spacial score (nSPS) is 14.2. The molecule has 0 saturated heterocycles. The van der Waals surface area contributed by atoms with Gasteiger partial charge in [0.2, 0.25) is 0 Å². The van der Waals surface area contributed by atoms with Gasteiger partial charge in [0.25, 0.3) is 0 Å². The van der Waals surface area contributed by atoms with E-state index in [1.54, 1.807) is 0 Å². The summed E-state index contributed by atoms with van der Waals surface area (Å²) in [5, 5.41) is 0. The molecule has 11 heavy (non-hydrogen) atoms. The third-order valence-corrected chi connectivity index (χ3v) is 2.33. The van der Waals surface area contributed by atoms with Crippen molar-refractivity contribution in [2.24, 2.45) is 0 Å². The maximum absolute atomic E-state index is 10.3. The molecule has 0 amide bonds. The fourth-order valence-corrected chi connectivity index (χ4v) is 0.836. The number of unbranched alkanes of at least 4 members (excludes halogenated alkanes) is 1. The standard InChI is InChI=1S/C9H13BrO/c1-3-4-5-6-8(2)9(10)7-11/h3,6-7,9H,1,4-5H2,2H3/b8-6+. The Hall–Kier alpha value is -0.370. The second kappa shape index (κ2) is 6.35. The number of aldehydes is 1. The van der Waals surface area contributed by atoms with Crippen molar-refractivity contribution in [3.8, 4) is 0 Å². The van der Waals surface area contributed by atoms with Crippen molar-refractivity contribution in [3.63, 3.8) is 0 Å². The molecule has 62 valence electrons. The smallest absolute Gasteiger partial charge is 0.137 e. The summed E-state index contributed by atoms with van der Waals surface area (Å²) in [7, 11) is 0. The van der Waals surface area contributed by atoms with Crippen molar-refractivity contribution in [1.29, 1.82) is 0 Å². The van der Waals surface area contributed by atoms with Gasteiger partial charge in [-0.15, -0.1) is 6.58 Å². The molecule has 0 aromatic rings. The Labute approximate surface area is 76.3 Å². The molecule has 0 heterocycles. The molecule has 0 fully saturated rings. The molecule has 0 aromatic carbocycles. The first-order valence-electron chi connectivity index (χ1n) is 3.59. The highest BCUT2D eigenvalue weighted by Crippen LogP contribution is 2.10. The largest absolute Gasteiger partial charge is 0.302 e. The SMILES string of the molecule is C=CCC/C=C(\C)C(Br)C=O. The van der Waals surface area contributed by atoms with Crippen molar-refractivity contribution < 1.29 is 4.79 Å². The fourth-order valence-electron chi connectivity index (χ4n) is 0.649. The third kappa shape index (κ3) is 4.96. The van der Waals surface area contributed by atoms with E-state index >= 15 is 0 Å². The predicted molar refractivity (Wildman–Crippen MR) is 52.0 cm³/mol. The van der Waals surface area contributed by atoms with Gasteiger partial charge in [-0.05, 0) is 19.8 Å². The van der Waals surface area contributed by atoms with Crippen molar-refractivity contribution in [2.75, 3.05) is 0 Å². The van der Waals surface area contributed by atoms with Gasteiger partial charge in [0, 0.05) is 0 Å². The summed E-state index contributed by atoms with van der Waals surface area (Å²) in [5.74, 6) is 0. The Morgan fingerprint density at radius 1 is 1.64 bits per heavy atom. The quantitative estimate of drug-likeness (QED) is 0.299. The van der Waals surface area contributed by atoms with Crippen LogP contribution in [0.4, 0.5) is 0 Å². The molecule has 0 saturated carbocycles. The van der Waals surface area contributed by atoms with Gasteiger partial charge in [0.15, 0.2) is 0 Å². The van der Waals surface area contributed by atoms with Crippen LogP contribution in [0.1, 0.15) is 19.8 Å². The molecular formula is C9H13BrO. The molecule has 0 bridgehead atoms. The predicted octanol–water partition coefficient (Wildman–Crippen LogP) is 2.86. The average Bonchev–Trinajstić information content (AvgIpc) is 2.03. The fraction of sp³-hybridized carbons (Fsp3) is 0.444. The molecule has 0 aliphatic carbocycles. The summed E-state index contributed by atoms with van der Waals surface area (Å²) in [4.78, 5) is 10.2. The molecule has 2 heteroatoms.